The summed E-state index contributed by atoms with van der Waals surface area (Å²) >= 11 is 0. The monoisotopic (exact) mass is 507 g/mol. The highest BCUT2D eigenvalue weighted by atomic mass is 19.1. The van der Waals surface area contributed by atoms with Gasteiger partial charge in [-0.15, -0.1) is 15.3 Å². The second-order valence-corrected chi connectivity index (χ2v) is 7.52. The van der Waals surface area contributed by atoms with E-state index in [1.807, 2.05) is 30.3 Å². The molecule has 186 valence electrons. The van der Waals surface area contributed by atoms with Crippen molar-refractivity contribution in [1.29, 1.82) is 0 Å². The zero-order chi connectivity index (χ0) is 25.8. The smallest absolute Gasteiger partial charge is 0.257 e. The molecule has 0 atom stereocenters. The Balaban J connectivity index is 1.37. The van der Waals surface area contributed by atoms with E-state index in [4.69, 9.17) is 14.0 Å². The summed E-state index contributed by atoms with van der Waals surface area (Å²) in [6, 6.07) is 15.4. The molecule has 0 saturated carbocycles. The minimum absolute atomic E-state index is 0.0159. The first kappa shape index (κ1) is 23.7. The average molecular weight is 507 g/mol. The van der Waals surface area contributed by atoms with Crippen LogP contribution in [0.2, 0.25) is 0 Å². The minimum atomic E-state index is -0.930. The van der Waals surface area contributed by atoms with E-state index < -0.39 is 17.5 Å². The molecule has 0 fully saturated rings. The Bertz CT molecular complexity index is 1570. The van der Waals surface area contributed by atoms with Gasteiger partial charge in [-0.3, -0.25) is 0 Å². The van der Waals surface area contributed by atoms with E-state index in [2.05, 4.69) is 30.9 Å². The first-order valence-corrected chi connectivity index (χ1v) is 10.7. The standard InChI is InChI=1S/C24H16F3N7O3/c1-34-23(29-32-33-34)22(14-5-3-2-4-6-14)31-35-13-21-28-30-24(37-21)17-11-15(25)7-9-19(17)36-20-10-8-16(26)12-18(20)27/h2-12H,13H2,1H3/b31-22-. The SMILES string of the molecule is Cn1nnnc1/C(=N\OCc1nnc(-c2cc(F)ccc2Oc2ccc(F)cc2F)o1)c1ccccc1. The van der Waals surface area contributed by atoms with Crippen LogP contribution in [-0.4, -0.2) is 36.1 Å². The van der Waals surface area contributed by atoms with Crippen molar-refractivity contribution in [2.45, 2.75) is 6.61 Å². The first-order valence-electron chi connectivity index (χ1n) is 10.7. The molecule has 2 aromatic heterocycles. The third-order valence-corrected chi connectivity index (χ3v) is 4.98. The van der Waals surface area contributed by atoms with E-state index in [-0.39, 0.29) is 35.5 Å². The summed E-state index contributed by atoms with van der Waals surface area (Å²) in [5.74, 6) is -2.29. The van der Waals surface area contributed by atoms with E-state index >= 15 is 0 Å². The van der Waals surface area contributed by atoms with Crippen LogP contribution in [-0.2, 0) is 18.5 Å². The highest BCUT2D eigenvalue weighted by Gasteiger charge is 2.19. The lowest BCUT2D eigenvalue weighted by molar-refractivity contribution is 0.111. The zero-order valence-electron chi connectivity index (χ0n) is 19.0. The maximum atomic E-state index is 14.1. The van der Waals surface area contributed by atoms with Crippen LogP contribution in [0.3, 0.4) is 0 Å². The number of benzene rings is 3. The number of rotatable bonds is 8. The number of ether oxygens (including phenoxy) is 1. The molecule has 0 spiro atoms. The van der Waals surface area contributed by atoms with Crippen molar-refractivity contribution in [3.8, 4) is 23.0 Å². The molecular weight excluding hydrogens is 491 g/mol. The molecule has 0 bridgehead atoms. The summed E-state index contributed by atoms with van der Waals surface area (Å²) < 4.78 is 53.8. The lowest BCUT2D eigenvalue weighted by atomic mass is 10.1. The van der Waals surface area contributed by atoms with Crippen molar-refractivity contribution in [3.05, 3.63) is 101 Å². The van der Waals surface area contributed by atoms with Crippen molar-refractivity contribution in [2.75, 3.05) is 0 Å². The summed E-state index contributed by atoms with van der Waals surface area (Å²) in [6.45, 7) is -0.229. The van der Waals surface area contributed by atoms with Crippen LogP contribution in [0.5, 0.6) is 11.5 Å². The third-order valence-electron chi connectivity index (χ3n) is 4.98. The van der Waals surface area contributed by atoms with E-state index in [0.29, 0.717) is 23.2 Å². The van der Waals surface area contributed by atoms with Crippen LogP contribution in [0.1, 0.15) is 17.3 Å². The van der Waals surface area contributed by atoms with Gasteiger partial charge >= 0.3 is 0 Å². The van der Waals surface area contributed by atoms with E-state index in [9.17, 15) is 13.2 Å². The highest BCUT2D eigenvalue weighted by Crippen LogP contribution is 2.34. The molecule has 13 heteroatoms. The number of halogens is 3. The number of hydrogen-bond acceptors (Lipinski definition) is 9. The van der Waals surface area contributed by atoms with Crippen molar-refractivity contribution in [3.63, 3.8) is 0 Å². The van der Waals surface area contributed by atoms with E-state index in [1.54, 1.807) is 7.05 Å². The predicted molar refractivity (Wildman–Crippen MR) is 122 cm³/mol. The molecule has 2 heterocycles. The second-order valence-electron chi connectivity index (χ2n) is 7.52. The minimum Gasteiger partial charge on any atom is -0.453 e. The van der Waals surface area contributed by atoms with Crippen molar-refractivity contribution in [2.24, 2.45) is 12.2 Å². The molecular formula is C24H16F3N7O3. The Kier molecular flexibility index (Phi) is 6.57. The summed E-state index contributed by atoms with van der Waals surface area (Å²) in [4.78, 5) is 5.43. The molecule has 0 unspecified atom stereocenters. The summed E-state index contributed by atoms with van der Waals surface area (Å²) in [7, 11) is 1.66. The molecule has 0 N–H and O–H groups in total. The Labute approximate surface area is 207 Å². The largest absolute Gasteiger partial charge is 0.453 e. The maximum Gasteiger partial charge on any atom is 0.257 e. The summed E-state index contributed by atoms with van der Waals surface area (Å²) in [5, 5.41) is 23.4. The van der Waals surface area contributed by atoms with Gasteiger partial charge in [-0.05, 0) is 40.8 Å². The summed E-state index contributed by atoms with van der Waals surface area (Å²) in [6.07, 6.45) is 0. The van der Waals surface area contributed by atoms with Crippen molar-refractivity contribution >= 4 is 5.71 Å². The number of aromatic nitrogens is 6. The average Bonchev–Trinajstić information content (AvgIpc) is 3.54. The van der Waals surface area contributed by atoms with Gasteiger partial charge in [-0.2, -0.15) is 0 Å². The molecule has 3 aromatic carbocycles. The third kappa shape index (κ3) is 5.29. The highest BCUT2D eigenvalue weighted by molar-refractivity contribution is 6.10. The van der Waals surface area contributed by atoms with Gasteiger partial charge < -0.3 is 14.0 Å². The van der Waals surface area contributed by atoms with Gasteiger partial charge in [0.2, 0.25) is 5.82 Å². The van der Waals surface area contributed by atoms with Crippen LogP contribution in [0.4, 0.5) is 13.2 Å². The fraction of sp³-hybridized carbons (Fsp3) is 0.0833. The summed E-state index contributed by atoms with van der Waals surface area (Å²) in [5.41, 5.74) is 1.14. The molecule has 0 aliphatic heterocycles. The lowest BCUT2D eigenvalue weighted by Gasteiger charge is -2.10. The maximum absolute atomic E-state index is 14.1. The number of nitrogens with zero attached hydrogens (tertiary/aromatic N) is 7. The first-order chi connectivity index (χ1) is 18.0. The normalized spacial score (nSPS) is 11.5. The number of hydrogen-bond donors (Lipinski definition) is 0. The molecule has 0 saturated heterocycles. The fourth-order valence-electron chi connectivity index (χ4n) is 3.26. The second kappa shape index (κ2) is 10.3. The van der Waals surface area contributed by atoms with Crippen LogP contribution in [0, 0.1) is 17.5 Å². The zero-order valence-corrected chi connectivity index (χ0v) is 19.0. The van der Waals surface area contributed by atoms with Crippen LogP contribution in [0.25, 0.3) is 11.5 Å². The number of tetrazole rings is 1. The van der Waals surface area contributed by atoms with Gasteiger partial charge in [0.05, 0.1) is 5.56 Å². The van der Waals surface area contributed by atoms with E-state index in [1.165, 1.54) is 10.7 Å². The lowest BCUT2D eigenvalue weighted by Crippen LogP contribution is -2.12. The van der Waals surface area contributed by atoms with E-state index in [0.717, 1.165) is 24.3 Å². The molecule has 37 heavy (non-hydrogen) atoms. The molecule has 5 rings (SSSR count). The van der Waals surface area contributed by atoms with Gasteiger partial charge in [-0.25, -0.2) is 17.9 Å². The van der Waals surface area contributed by atoms with Gasteiger partial charge in [0.25, 0.3) is 11.8 Å². The molecule has 0 radical (unpaired) electrons. The number of aryl methyl sites for hydroxylation is 1. The van der Waals surface area contributed by atoms with Gasteiger partial charge in [0.15, 0.2) is 23.9 Å². The molecule has 0 aliphatic rings. The van der Waals surface area contributed by atoms with Gasteiger partial charge in [0, 0.05) is 18.7 Å². The topological polar surface area (TPSA) is 113 Å². The van der Waals surface area contributed by atoms with Crippen LogP contribution < -0.4 is 4.74 Å². The fourth-order valence-corrected chi connectivity index (χ4v) is 3.26. The Morgan fingerprint density at radius 3 is 2.41 bits per heavy atom. The molecule has 0 amide bonds. The Hall–Kier alpha value is -5.07. The van der Waals surface area contributed by atoms with Gasteiger partial charge in [0.1, 0.15) is 17.4 Å². The van der Waals surface area contributed by atoms with Crippen molar-refractivity contribution in [1.82, 2.24) is 30.4 Å². The molecule has 0 aliphatic carbocycles. The Morgan fingerprint density at radius 1 is 0.919 bits per heavy atom. The predicted octanol–water partition coefficient (Wildman–Crippen LogP) is 4.44. The quantitative estimate of drug-likeness (QED) is 0.224. The molecule has 5 aromatic rings. The molecule has 10 nitrogen and oxygen atoms in total. The van der Waals surface area contributed by atoms with Crippen molar-refractivity contribution < 1.29 is 27.2 Å². The van der Waals surface area contributed by atoms with Crippen LogP contribution >= 0.6 is 0 Å². The van der Waals surface area contributed by atoms with Gasteiger partial charge in [-0.1, -0.05) is 35.5 Å². The Morgan fingerprint density at radius 2 is 1.68 bits per heavy atom. The number of oxime groups is 1. The van der Waals surface area contributed by atoms with Crippen LogP contribution in [0.15, 0.2) is 76.3 Å².